The number of para-hydroxylation sites is 2. The molecule has 0 radical (unpaired) electrons. The van der Waals surface area contributed by atoms with Gasteiger partial charge in [-0.05, 0) is 36.5 Å². The monoisotopic (exact) mass is 270 g/mol. The molecule has 0 fully saturated rings. The number of phenols is 1. The van der Waals surface area contributed by atoms with E-state index in [0.717, 1.165) is 22.4 Å². The van der Waals surface area contributed by atoms with Gasteiger partial charge in [0.15, 0.2) is 11.5 Å². The third-order valence-electron chi connectivity index (χ3n) is 3.43. The van der Waals surface area contributed by atoms with Crippen LogP contribution in [0.2, 0.25) is 0 Å². The molecule has 0 unspecified atom stereocenters. The summed E-state index contributed by atoms with van der Waals surface area (Å²) in [6.07, 6.45) is 0. The minimum Gasteiger partial charge on any atom is -0.504 e. The summed E-state index contributed by atoms with van der Waals surface area (Å²) >= 11 is 0. The van der Waals surface area contributed by atoms with Crippen LogP contribution in [0.15, 0.2) is 36.4 Å². The fourth-order valence-corrected chi connectivity index (χ4v) is 2.20. The van der Waals surface area contributed by atoms with E-state index in [1.165, 1.54) is 0 Å². The summed E-state index contributed by atoms with van der Waals surface area (Å²) < 4.78 is 6.03. The molecule has 0 aliphatic heterocycles. The van der Waals surface area contributed by atoms with E-state index >= 15 is 0 Å². The van der Waals surface area contributed by atoms with Gasteiger partial charge in [-0.15, -0.1) is 0 Å². The first-order valence-corrected chi connectivity index (χ1v) is 6.87. The molecule has 0 aliphatic rings. The number of rotatable bonds is 2. The van der Waals surface area contributed by atoms with Gasteiger partial charge in [0.05, 0.1) is 0 Å². The van der Waals surface area contributed by atoms with Crippen LogP contribution in [-0.4, -0.2) is 5.11 Å². The number of aryl methyl sites for hydroxylation is 2. The zero-order valence-electron chi connectivity index (χ0n) is 12.8. The maximum Gasteiger partial charge on any atom is 0.169 e. The van der Waals surface area contributed by atoms with Gasteiger partial charge in [-0.3, -0.25) is 0 Å². The predicted molar refractivity (Wildman–Crippen MR) is 82.8 cm³/mol. The summed E-state index contributed by atoms with van der Waals surface area (Å²) in [5.41, 5.74) is 3.01. The largest absolute Gasteiger partial charge is 0.504 e. The molecule has 2 aromatic rings. The third kappa shape index (κ3) is 2.79. The van der Waals surface area contributed by atoms with Gasteiger partial charge in [-0.25, -0.2) is 0 Å². The van der Waals surface area contributed by atoms with Crippen LogP contribution in [0.1, 0.15) is 37.5 Å². The summed E-state index contributed by atoms with van der Waals surface area (Å²) in [6.45, 7) is 10.4. The van der Waals surface area contributed by atoms with Crippen molar-refractivity contribution in [1.29, 1.82) is 0 Å². The molecule has 0 saturated heterocycles. The summed E-state index contributed by atoms with van der Waals surface area (Å²) in [5.74, 6) is 1.54. The molecular weight excluding hydrogens is 248 g/mol. The Morgan fingerprint density at radius 1 is 0.900 bits per heavy atom. The van der Waals surface area contributed by atoms with Crippen molar-refractivity contribution >= 4 is 0 Å². The van der Waals surface area contributed by atoms with Gasteiger partial charge < -0.3 is 9.84 Å². The molecule has 20 heavy (non-hydrogen) atoms. The van der Waals surface area contributed by atoms with Crippen LogP contribution in [0.25, 0.3) is 0 Å². The number of hydrogen-bond donors (Lipinski definition) is 1. The Bertz CT molecular complexity index is 622. The van der Waals surface area contributed by atoms with Crippen molar-refractivity contribution in [1.82, 2.24) is 0 Å². The van der Waals surface area contributed by atoms with Crippen LogP contribution < -0.4 is 4.74 Å². The molecule has 2 nitrogen and oxygen atoms in total. The number of phenolic OH excluding ortho intramolecular Hbond substituents is 1. The van der Waals surface area contributed by atoms with E-state index < -0.39 is 0 Å². The van der Waals surface area contributed by atoms with Crippen molar-refractivity contribution in [3.05, 3.63) is 53.1 Å². The molecule has 0 atom stereocenters. The highest BCUT2D eigenvalue weighted by Crippen LogP contribution is 2.39. The number of aromatic hydroxyl groups is 1. The minimum atomic E-state index is -0.0131. The zero-order chi connectivity index (χ0) is 14.9. The second-order valence-electron chi connectivity index (χ2n) is 6.23. The van der Waals surface area contributed by atoms with E-state index in [2.05, 4.69) is 26.8 Å². The van der Waals surface area contributed by atoms with Crippen LogP contribution in [-0.2, 0) is 5.41 Å². The highest BCUT2D eigenvalue weighted by molar-refractivity contribution is 5.51. The lowest BCUT2D eigenvalue weighted by molar-refractivity contribution is 0.398. The number of hydrogen-bond acceptors (Lipinski definition) is 2. The van der Waals surface area contributed by atoms with E-state index in [4.69, 9.17) is 4.74 Å². The molecule has 2 aromatic carbocycles. The smallest absolute Gasteiger partial charge is 0.169 e. The van der Waals surface area contributed by atoms with Crippen molar-refractivity contribution in [2.45, 2.75) is 40.0 Å². The average molecular weight is 270 g/mol. The van der Waals surface area contributed by atoms with Crippen molar-refractivity contribution in [3.8, 4) is 17.2 Å². The summed E-state index contributed by atoms with van der Waals surface area (Å²) in [4.78, 5) is 0. The highest BCUT2D eigenvalue weighted by atomic mass is 16.5. The lowest BCUT2D eigenvalue weighted by atomic mass is 9.85. The van der Waals surface area contributed by atoms with Gasteiger partial charge >= 0.3 is 0 Å². The molecule has 2 heteroatoms. The molecule has 0 heterocycles. The highest BCUT2D eigenvalue weighted by Gasteiger charge is 2.21. The second kappa shape index (κ2) is 5.20. The van der Waals surface area contributed by atoms with Gasteiger partial charge in [0.2, 0.25) is 0 Å². The quantitative estimate of drug-likeness (QED) is 0.822. The zero-order valence-corrected chi connectivity index (χ0v) is 12.8. The topological polar surface area (TPSA) is 29.5 Å². The van der Waals surface area contributed by atoms with Gasteiger partial charge in [-0.2, -0.15) is 0 Å². The number of benzene rings is 2. The molecule has 0 aromatic heterocycles. The van der Waals surface area contributed by atoms with Crippen molar-refractivity contribution < 1.29 is 9.84 Å². The Morgan fingerprint density at radius 3 is 2.15 bits per heavy atom. The third-order valence-corrected chi connectivity index (χ3v) is 3.43. The molecule has 2 rings (SSSR count). The lowest BCUT2D eigenvalue weighted by Crippen LogP contribution is -2.13. The molecule has 0 spiro atoms. The number of ether oxygens (including phenoxy) is 1. The maximum absolute atomic E-state index is 10.1. The lowest BCUT2D eigenvalue weighted by Gasteiger charge is -2.24. The Hall–Kier alpha value is -1.96. The first-order valence-electron chi connectivity index (χ1n) is 6.87. The molecule has 0 bridgehead atoms. The molecule has 1 N–H and O–H groups in total. The molecule has 0 amide bonds. The fraction of sp³-hybridized carbons (Fsp3) is 0.333. The van der Waals surface area contributed by atoms with Crippen LogP contribution in [0.4, 0.5) is 0 Å². The molecular formula is C18H22O2. The standard InChI is InChI=1S/C18H22O2/c1-12-8-7-11-15(16(12)19)20-17-13(2)9-6-10-14(17)18(3,4)5/h6-11,19H,1-5H3. The fourth-order valence-electron chi connectivity index (χ4n) is 2.20. The summed E-state index contributed by atoms with van der Waals surface area (Å²) in [5, 5.41) is 10.1. The van der Waals surface area contributed by atoms with Crippen molar-refractivity contribution in [2.75, 3.05) is 0 Å². The van der Waals surface area contributed by atoms with E-state index in [0.29, 0.717) is 5.75 Å². The van der Waals surface area contributed by atoms with Crippen molar-refractivity contribution in [3.63, 3.8) is 0 Å². The van der Waals surface area contributed by atoms with Gasteiger partial charge in [0.25, 0.3) is 0 Å². The molecule has 0 saturated carbocycles. The Balaban J connectivity index is 2.51. The Labute approximate surface area is 121 Å². The van der Waals surface area contributed by atoms with E-state index in [-0.39, 0.29) is 11.2 Å². The van der Waals surface area contributed by atoms with E-state index in [1.807, 2.05) is 38.1 Å². The van der Waals surface area contributed by atoms with Crippen LogP contribution in [0.5, 0.6) is 17.2 Å². The van der Waals surface area contributed by atoms with Gasteiger partial charge in [-0.1, -0.05) is 51.1 Å². The molecule has 0 aliphatic carbocycles. The minimum absolute atomic E-state index is 0.0131. The molecule has 106 valence electrons. The van der Waals surface area contributed by atoms with Crippen LogP contribution in [0.3, 0.4) is 0 Å². The van der Waals surface area contributed by atoms with Gasteiger partial charge in [0.1, 0.15) is 5.75 Å². The SMILES string of the molecule is Cc1cccc(Oc2c(C)cccc2C(C)(C)C)c1O. The normalized spacial score (nSPS) is 11.4. The van der Waals surface area contributed by atoms with Crippen molar-refractivity contribution in [2.24, 2.45) is 0 Å². The van der Waals surface area contributed by atoms with E-state index in [9.17, 15) is 5.11 Å². The summed E-state index contributed by atoms with van der Waals surface area (Å²) in [6, 6.07) is 11.7. The first-order chi connectivity index (χ1) is 9.30. The first kappa shape index (κ1) is 14.4. The Kier molecular flexibility index (Phi) is 3.76. The Morgan fingerprint density at radius 2 is 1.50 bits per heavy atom. The van der Waals surface area contributed by atoms with E-state index in [1.54, 1.807) is 6.07 Å². The maximum atomic E-state index is 10.1. The van der Waals surface area contributed by atoms with Crippen LogP contribution >= 0.6 is 0 Å². The summed E-state index contributed by atoms with van der Waals surface area (Å²) in [7, 11) is 0. The van der Waals surface area contributed by atoms with Gasteiger partial charge in [0, 0.05) is 5.56 Å². The predicted octanol–water partition coefficient (Wildman–Crippen LogP) is 5.10. The van der Waals surface area contributed by atoms with Crippen LogP contribution in [0, 0.1) is 13.8 Å². The average Bonchev–Trinajstić information content (AvgIpc) is 2.36. The second-order valence-corrected chi connectivity index (χ2v) is 6.23.